The van der Waals surface area contributed by atoms with Crippen LogP contribution >= 0.6 is 0 Å². The Morgan fingerprint density at radius 2 is 1.70 bits per heavy atom. The molecule has 1 heterocycles. The molecule has 0 saturated heterocycles. The Kier molecular flexibility index (Phi) is 7.81. The van der Waals surface area contributed by atoms with Crippen LogP contribution in [-0.4, -0.2) is 17.4 Å². The first-order valence-electron chi connectivity index (χ1n) is 14.5. The smallest absolute Gasteiger partial charge is 0.251 e. The molecule has 4 aromatic rings. The van der Waals surface area contributed by atoms with Crippen molar-refractivity contribution in [1.29, 1.82) is 5.26 Å². The van der Waals surface area contributed by atoms with Gasteiger partial charge in [-0.3, -0.25) is 4.79 Å². The normalized spacial score (nSPS) is 17.6. The summed E-state index contributed by atoms with van der Waals surface area (Å²) in [5, 5.41) is 12.5. The van der Waals surface area contributed by atoms with Crippen LogP contribution < -0.4 is 5.32 Å². The lowest BCUT2D eigenvalue weighted by Gasteiger charge is -2.29. The molecule has 5 nitrogen and oxygen atoms in total. The molecule has 0 spiro atoms. The molecule has 1 aliphatic rings. The molecule has 40 heavy (non-hydrogen) atoms. The molecule has 3 aromatic carbocycles. The van der Waals surface area contributed by atoms with Crippen LogP contribution in [0.25, 0.3) is 22.6 Å². The third-order valence-corrected chi connectivity index (χ3v) is 8.31. The Bertz CT molecular complexity index is 1530. The maximum absolute atomic E-state index is 12.9. The summed E-state index contributed by atoms with van der Waals surface area (Å²) in [5.74, 6) is 1.77. The number of amides is 1. The van der Waals surface area contributed by atoms with Gasteiger partial charge in [0.05, 0.1) is 11.6 Å². The molecule has 5 rings (SSSR count). The predicted octanol–water partition coefficient (Wildman–Crippen LogP) is 8.49. The largest absolute Gasteiger partial charge is 0.436 e. The maximum atomic E-state index is 12.9. The Morgan fingerprint density at radius 3 is 2.30 bits per heavy atom. The molecule has 0 bridgehead atoms. The number of benzene rings is 3. The van der Waals surface area contributed by atoms with Crippen molar-refractivity contribution in [3.8, 4) is 17.5 Å². The first-order valence-corrected chi connectivity index (χ1v) is 14.5. The zero-order valence-electron chi connectivity index (χ0n) is 24.3. The van der Waals surface area contributed by atoms with Gasteiger partial charge in [-0.05, 0) is 96.4 Å². The second-order valence-electron chi connectivity index (χ2n) is 12.6. The van der Waals surface area contributed by atoms with Crippen LogP contribution in [0.4, 0.5) is 0 Å². The van der Waals surface area contributed by atoms with Crippen molar-refractivity contribution in [2.45, 2.75) is 77.6 Å². The molecule has 1 aromatic heterocycles. The molecular formula is C35H39N3O2. The van der Waals surface area contributed by atoms with Crippen molar-refractivity contribution in [1.82, 2.24) is 10.3 Å². The van der Waals surface area contributed by atoms with E-state index in [4.69, 9.17) is 4.42 Å². The number of hydrogen-bond acceptors (Lipinski definition) is 4. The third kappa shape index (κ3) is 5.97. The van der Waals surface area contributed by atoms with Gasteiger partial charge in [0.15, 0.2) is 5.58 Å². The van der Waals surface area contributed by atoms with Crippen LogP contribution in [0.1, 0.15) is 105 Å². The highest BCUT2D eigenvalue weighted by Gasteiger charge is 2.24. The summed E-state index contributed by atoms with van der Waals surface area (Å²) in [6, 6.07) is 22.4. The topological polar surface area (TPSA) is 78.9 Å². The van der Waals surface area contributed by atoms with Gasteiger partial charge >= 0.3 is 0 Å². The molecule has 0 aliphatic heterocycles. The summed E-state index contributed by atoms with van der Waals surface area (Å²) in [7, 11) is 0. The minimum atomic E-state index is -0.0511. The van der Waals surface area contributed by atoms with E-state index in [9.17, 15) is 10.1 Å². The lowest BCUT2D eigenvalue weighted by atomic mass is 9.77. The van der Waals surface area contributed by atoms with Gasteiger partial charge in [-0.2, -0.15) is 5.26 Å². The fourth-order valence-electron chi connectivity index (χ4n) is 5.73. The summed E-state index contributed by atoms with van der Waals surface area (Å²) >= 11 is 0. The number of nitrogens with zero attached hydrogens (tertiary/aromatic N) is 2. The van der Waals surface area contributed by atoms with Crippen LogP contribution in [0.2, 0.25) is 0 Å². The van der Waals surface area contributed by atoms with E-state index in [1.54, 1.807) is 6.07 Å². The van der Waals surface area contributed by atoms with Crippen molar-refractivity contribution in [2.24, 2.45) is 5.92 Å². The minimum Gasteiger partial charge on any atom is -0.436 e. The van der Waals surface area contributed by atoms with Crippen LogP contribution in [-0.2, 0) is 5.41 Å². The SMILES string of the molecule is CC(C)c1cc(C#N)cc2nc(-c3ccc(C(=O)NCC4CCC(c5ccc(C(C)(C)C)cc5)CC4)cc3)oc12. The Hall–Kier alpha value is -3.91. The van der Waals surface area contributed by atoms with Crippen LogP contribution in [0.3, 0.4) is 0 Å². The molecule has 1 amide bonds. The molecule has 1 fully saturated rings. The first-order chi connectivity index (χ1) is 19.1. The molecule has 5 heteroatoms. The standard InChI is InChI=1S/C35H39N3O2/c1-22(2)30-18-24(20-36)19-31-32(30)40-34(38-31)28-12-10-27(11-13-28)33(39)37-21-23-6-8-25(9-7-23)26-14-16-29(17-15-26)35(3,4)5/h10-19,22-23,25H,6-9,21H2,1-5H3,(H,37,39). The highest BCUT2D eigenvalue weighted by molar-refractivity contribution is 5.94. The Balaban J connectivity index is 1.17. The number of aromatic nitrogens is 1. The third-order valence-electron chi connectivity index (χ3n) is 8.31. The van der Waals surface area contributed by atoms with Gasteiger partial charge in [0.1, 0.15) is 5.52 Å². The molecule has 206 valence electrons. The number of nitrogens with one attached hydrogen (secondary N) is 1. The van der Waals surface area contributed by atoms with E-state index in [1.165, 1.54) is 24.0 Å². The number of oxazole rings is 1. The Labute approximate surface area is 237 Å². The van der Waals surface area contributed by atoms with Crippen LogP contribution in [0, 0.1) is 17.2 Å². The fraction of sp³-hybridized carbons (Fsp3) is 0.400. The highest BCUT2D eigenvalue weighted by atomic mass is 16.3. The van der Waals surface area contributed by atoms with Crippen LogP contribution in [0.5, 0.6) is 0 Å². The van der Waals surface area contributed by atoms with Crippen molar-refractivity contribution in [3.63, 3.8) is 0 Å². The van der Waals surface area contributed by atoms with Crippen molar-refractivity contribution in [2.75, 3.05) is 6.54 Å². The number of nitriles is 1. The van der Waals surface area contributed by atoms with Crippen molar-refractivity contribution in [3.05, 3.63) is 88.5 Å². The van der Waals surface area contributed by atoms with E-state index in [2.05, 4.69) is 75.3 Å². The van der Waals surface area contributed by atoms with E-state index in [1.807, 2.05) is 30.3 Å². The van der Waals surface area contributed by atoms with E-state index in [-0.39, 0.29) is 17.2 Å². The van der Waals surface area contributed by atoms with Gasteiger partial charge in [-0.1, -0.05) is 58.9 Å². The monoisotopic (exact) mass is 533 g/mol. The second kappa shape index (κ2) is 11.3. The van der Waals surface area contributed by atoms with Gasteiger partial charge in [0, 0.05) is 23.2 Å². The average molecular weight is 534 g/mol. The first kappa shape index (κ1) is 27.6. The molecule has 1 N–H and O–H groups in total. The van der Waals surface area contributed by atoms with E-state index in [0.29, 0.717) is 46.5 Å². The van der Waals surface area contributed by atoms with E-state index >= 15 is 0 Å². The molecule has 1 aliphatic carbocycles. The molecular weight excluding hydrogens is 494 g/mol. The fourth-order valence-corrected chi connectivity index (χ4v) is 5.73. The maximum Gasteiger partial charge on any atom is 0.251 e. The number of rotatable bonds is 6. The van der Waals surface area contributed by atoms with Crippen molar-refractivity contribution >= 4 is 17.0 Å². The summed E-state index contributed by atoms with van der Waals surface area (Å²) in [6.45, 7) is 11.6. The highest BCUT2D eigenvalue weighted by Crippen LogP contribution is 2.36. The quantitative estimate of drug-likeness (QED) is 0.269. The molecule has 0 radical (unpaired) electrons. The zero-order valence-corrected chi connectivity index (χ0v) is 24.3. The second-order valence-corrected chi connectivity index (χ2v) is 12.6. The minimum absolute atomic E-state index is 0.0511. The van der Waals surface area contributed by atoms with Gasteiger partial charge in [-0.25, -0.2) is 4.98 Å². The molecule has 1 saturated carbocycles. The van der Waals surface area contributed by atoms with E-state index < -0.39 is 0 Å². The lowest BCUT2D eigenvalue weighted by Crippen LogP contribution is -2.31. The zero-order chi connectivity index (χ0) is 28.4. The number of hydrogen-bond donors (Lipinski definition) is 1. The van der Waals surface area contributed by atoms with Gasteiger partial charge in [-0.15, -0.1) is 0 Å². The van der Waals surface area contributed by atoms with Gasteiger partial charge in [0.2, 0.25) is 5.89 Å². The summed E-state index contributed by atoms with van der Waals surface area (Å²) in [4.78, 5) is 17.5. The molecule has 0 unspecified atom stereocenters. The predicted molar refractivity (Wildman–Crippen MR) is 160 cm³/mol. The Morgan fingerprint density at radius 1 is 1.02 bits per heavy atom. The number of carbonyl (C=O) groups excluding carboxylic acids is 1. The lowest BCUT2D eigenvalue weighted by molar-refractivity contribution is 0.0943. The van der Waals surface area contributed by atoms with Gasteiger partial charge in [0.25, 0.3) is 5.91 Å². The van der Waals surface area contributed by atoms with Crippen LogP contribution in [0.15, 0.2) is 65.1 Å². The van der Waals surface area contributed by atoms with E-state index in [0.717, 1.165) is 24.0 Å². The average Bonchev–Trinajstić information content (AvgIpc) is 3.39. The number of fused-ring (bicyclic) bond motifs is 1. The molecule has 0 atom stereocenters. The van der Waals surface area contributed by atoms with Crippen molar-refractivity contribution < 1.29 is 9.21 Å². The van der Waals surface area contributed by atoms with Gasteiger partial charge < -0.3 is 9.73 Å². The summed E-state index contributed by atoms with van der Waals surface area (Å²) in [6.07, 6.45) is 4.61. The number of carbonyl (C=O) groups is 1. The summed E-state index contributed by atoms with van der Waals surface area (Å²) < 4.78 is 6.11. The summed E-state index contributed by atoms with van der Waals surface area (Å²) in [5.41, 5.74) is 7.36.